The van der Waals surface area contributed by atoms with Crippen LogP contribution in [0.25, 0.3) is 0 Å². The van der Waals surface area contributed by atoms with Crippen LogP contribution in [-0.4, -0.2) is 51.7 Å². The topological polar surface area (TPSA) is 114 Å². The number of nitro groups is 1. The van der Waals surface area contributed by atoms with E-state index in [0.717, 1.165) is 6.07 Å². The summed E-state index contributed by atoms with van der Waals surface area (Å²) < 4.78 is 29.9. The lowest BCUT2D eigenvalue weighted by molar-refractivity contribution is -0.384. The first kappa shape index (κ1) is 15.6. The molecule has 1 saturated heterocycles. The van der Waals surface area contributed by atoms with Crippen molar-refractivity contribution < 1.29 is 18.1 Å². The van der Waals surface area contributed by atoms with E-state index in [1.165, 1.54) is 19.2 Å². The zero-order valence-corrected chi connectivity index (χ0v) is 12.2. The van der Waals surface area contributed by atoms with Gasteiger partial charge in [-0.25, -0.2) is 13.4 Å². The van der Waals surface area contributed by atoms with E-state index in [0.29, 0.717) is 26.3 Å². The Morgan fingerprint density at radius 2 is 2.00 bits per heavy atom. The molecule has 0 unspecified atom stereocenters. The van der Waals surface area contributed by atoms with Crippen molar-refractivity contribution in [2.75, 3.05) is 38.7 Å². The van der Waals surface area contributed by atoms with Crippen molar-refractivity contribution in [1.29, 1.82) is 0 Å². The van der Waals surface area contributed by atoms with Crippen LogP contribution in [0.4, 0.5) is 11.4 Å². The molecule has 0 bridgehead atoms. The Kier molecular flexibility index (Phi) is 4.73. The number of benzene rings is 1. The molecule has 2 rings (SSSR count). The van der Waals surface area contributed by atoms with Crippen molar-refractivity contribution in [3.8, 4) is 0 Å². The van der Waals surface area contributed by atoms with Gasteiger partial charge in [-0.3, -0.25) is 10.1 Å². The van der Waals surface area contributed by atoms with E-state index in [2.05, 4.69) is 10.1 Å². The molecule has 1 heterocycles. The van der Waals surface area contributed by atoms with Crippen molar-refractivity contribution in [1.82, 2.24) is 9.84 Å². The third kappa shape index (κ3) is 3.67. The Hall–Kier alpha value is -1.75. The Bertz CT molecular complexity index is 628. The highest BCUT2D eigenvalue weighted by atomic mass is 32.2. The average molecular weight is 316 g/mol. The molecular weight excluding hydrogens is 300 g/mol. The summed E-state index contributed by atoms with van der Waals surface area (Å²) in [6.07, 6.45) is 0. The van der Waals surface area contributed by atoms with Crippen LogP contribution in [0, 0.1) is 10.1 Å². The number of anilines is 1. The fraction of sp³-hybridized carbons (Fsp3) is 0.455. The number of nitrogens with one attached hydrogen (secondary N) is 2. The first-order valence-electron chi connectivity index (χ1n) is 6.25. The highest BCUT2D eigenvalue weighted by Gasteiger charge is 2.24. The molecule has 0 atom stereocenters. The summed E-state index contributed by atoms with van der Waals surface area (Å²) in [6, 6.07) is 3.56. The van der Waals surface area contributed by atoms with Crippen molar-refractivity contribution in [3.63, 3.8) is 0 Å². The zero-order chi connectivity index (χ0) is 15.5. The molecule has 0 amide bonds. The highest BCUT2D eigenvalue weighted by molar-refractivity contribution is 7.89. The largest absolute Gasteiger partial charge is 0.387 e. The third-order valence-electron chi connectivity index (χ3n) is 2.99. The summed E-state index contributed by atoms with van der Waals surface area (Å²) in [5, 5.41) is 14.9. The molecule has 1 aromatic carbocycles. The number of hydrazine groups is 1. The molecule has 1 aliphatic rings. The Morgan fingerprint density at radius 3 is 2.57 bits per heavy atom. The van der Waals surface area contributed by atoms with Gasteiger partial charge in [0.2, 0.25) is 0 Å². The van der Waals surface area contributed by atoms with E-state index in [1.807, 2.05) is 0 Å². The molecule has 0 aromatic heterocycles. The lowest BCUT2D eigenvalue weighted by atomic mass is 10.3. The van der Waals surface area contributed by atoms with Gasteiger partial charge in [0.05, 0.1) is 23.8 Å². The number of ether oxygens (including phenoxy) is 1. The van der Waals surface area contributed by atoms with Crippen LogP contribution < -0.4 is 10.1 Å². The van der Waals surface area contributed by atoms with E-state index in [4.69, 9.17) is 4.74 Å². The van der Waals surface area contributed by atoms with Gasteiger partial charge in [0.15, 0.2) is 0 Å². The first-order chi connectivity index (χ1) is 9.94. The van der Waals surface area contributed by atoms with Gasteiger partial charge in [0.25, 0.3) is 15.7 Å². The fourth-order valence-electron chi connectivity index (χ4n) is 1.94. The van der Waals surface area contributed by atoms with Crippen LogP contribution >= 0.6 is 0 Å². The van der Waals surface area contributed by atoms with Crippen molar-refractivity contribution in [3.05, 3.63) is 28.3 Å². The van der Waals surface area contributed by atoms with Gasteiger partial charge in [0.1, 0.15) is 4.90 Å². The molecule has 2 N–H and O–H groups in total. The molecule has 1 aromatic rings. The van der Waals surface area contributed by atoms with Crippen LogP contribution in [0.2, 0.25) is 0 Å². The number of sulfonamides is 1. The van der Waals surface area contributed by atoms with Crippen molar-refractivity contribution >= 4 is 21.4 Å². The Balaban J connectivity index is 2.28. The summed E-state index contributed by atoms with van der Waals surface area (Å²) in [6.45, 7) is 1.78. The number of nitrogens with zero attached hydrogens (tertiary/aromatic N) is 2. The summed E-state index contributed by atoms with van der Waals surface area (Å²) in [5.41, 5.74) is -0.00497. The van der Waals surface area contributed by atoms with E-state index in [1.54, 1.807) is 5.01 Å². The predicted octanol–water partition coefficient (Wildman–Crippen LogP) is 0.162. The molecule has 0 saturated carbocycles. The van der Waals surface area contributed by atoms with E-state index < -0.39 is 14.9 Å². The maximum atomic E-state index is 12.4. The highest BCUT2D eigenvalue weighted by Crippen LogP contribution is 2.26. The summed E-state index contributed by atoms with van der Waals surface area (Å²) >= 11 is 0. The third-order valence-corrected chi connectivity index (χ3v) is 4.43. The second-order valence-electron chi connectivity index (χ2n) is 4.38. The minimum absolute atomic E-state index is 0.0397. The SMILES string of the molecule is CNc1cc([N+](=O)[O-])ccc1S(=O)(=O)NN1CCOCC1. The van der Waals surface area contributed by atoms with E-state index >= 15 is 0 Å². The minimum Gasteiger partial charge on any atom is -0.387 e. The molecule has 9 nitrogen and oxygen atoms in total. The smallest absolute Gasteiger partial charge is 0.271 e. The van der Waals surface area contributed by atoms with Crippen LogP contribution in [0.15, 0.2) is 23.1 Å². The van der Waals surface area contributed by atoms with Gasteiger partial charge in [-0.1, -0.05) is 0 Å². The first-order valence-corrected chi connectivity index (χ1v) is 7.73. The number of hydrogen-bond donors (Lipinski definition) is 2. The zero-order valence-electron chi connectivity index (χ0n) is 11.4. The molecule has 10 heteroatoms. The minimum atomic E-state index is -3.81. The Morgan fingerprint density at radius 1 is 1.33 bits per heavy atom. The monoisotopic (exact) mass is 316 g/mol. The molecule has 1 aliphatic heterocycles. The van der Waals surface area contributed by atoms with E-state index in [-0.39, 0.29) is 16.3 Å². The van der Waals surface area contributed by atoms with Crippen LogP contribution in [-0.2, 0) is 14.8 Å². The number of non-ortho nitro benzene ring substituents is 1. The molecule has 0 radical (unpaired) electrons. The average Bonchev–Trinajstić information content (AvgIpc) is 2.47. The van der Waals surface area contributed by atoms with Crippen LogP contribution in [0.3, 0.4) is 0 Å². The van der Waals surface area contributed by atoms with Gasteiger partial charge >= 0.3 is 0 Å². The second kappa shape index (κ2) is 6.35. The van der Waals surface area contributed by atoms with Crippen molar-refractivity contribution in [2.45, 2.75) is 4.90 Å². The van der Waals surface area contributed by atoms with Gasteiger partial charge in [0, 0.05) is 32.3 Å². The summed E-state index contributed by atoms with van der Waals surface area (Å²) in [5.74, 6) is 0. The maximum Gasteiger partial charge on any atom is 0.271 e. The molecule has 0 aliphatic carbocycles. The summed E-state index contributed by atoms with van der Waals surface area (Å²) in [7, 11) is -2.30. The van der Waals surface area contributed by atoms with Gasteiger partial charge in [-0.15, -0.1) is 4.83 Å². The summed E-state index contributed by atoms with van der Waals surface area (Å²) in [4.78, 5) is 12.6. The quantitative estimate of drug-likeness (QED) is 0.587. The lowest BCUT2D eigenvalue weighted by Gasteiger charge is -2.27. The van der Waals surface area contributed by atoms with Crippen molar-refractivity contribution in [2.24, 2.45) is 0 Å². The Labute approximate surface area is 122 Å². The van der Waals surface area contributed by atoms with Gasteiger partial charge in [-0.2, -0.15) is 0 Å². The van der Waals surface area contributed by atoms with Gasteiger partial charge < -0.3 is 10.1 Å². The maximum absolute atomic E-state index is 12.4. The molecule has 116 valence electrons. The number of nitro benzene ring substituents is 1. The number of hydrogen-bond acceptors (Lipinski definition) is 7. The second-order valence-corrected chi connectivity index (χ2v) is 6.01. The molecule has 1 fully saturated rings. The van der Waals surface area contributed by atoms with Crippen LogP contribution in [0.5, 0.6) is 0 Å². The van der Waals surface area contributed by atoms with Crippen LogP contribution in [0.1, 0.15) is 0 Å². The molecule has 0 spiro atoms. The standard InChI is InChI=1S/C11H16N4O5S/c1-12-10-8-9(15(16)17)2-3-11(10)21(18,19)13-14-4-6-20-7-5-14/h2-3,8,12-13H,4-7H2,1H3. The fourth-order valence-corrected chi connectivity index (χ4v) is 3.25. The lowest BCUT2D eigenvalue weighted by Crippen LogP contribution is -2.48. The molecular formula is C11H16N4O5S. The molecule has 21 heavy (non-hydrogen) atoms. The van der Waals surface area contributed by atoms with E-state index in [9.17, 15) is 18.5 Å². The number of morpholine rings is 1. The number of rotatable bonds is 5. The predicted molar refractivity (Wildman–Crippen MR) is 75.4 cm³/mol. The van der Waals surface area contributed by atoms with Gasteiger partial charge in [-0.05, 0) is 6.07 Å². The normalized spacial score (nSPS) is 16.6.